The molecule has 35 heavy (non-hydrogen) atoms. The van der Waals surface area contributed by atoms with E-state index in [0.29, 0.717) is 18.0 Å². The van der Waals surface area contributed by atoms with Gasteiger partial charge in [-0.05, 0) is 79.8 Å². The predicted molar refractivity (Wildman–Crippen MR) is 133 cm³/mol. The molecule has 7 heteroatoms. The van der Waals surface area contributed by atoms with E-state index in [1.54, 1.807) is 13.3 Å². The number of nitrogens with zero attached hydrogens (tertiary/aromatic N) is 3. The number of aryl methyl sites for hydroxylation is 1. The minimum atomic E-state index is -0.477. The summed E-state index contributed by atoms with van der Waals surface area (Å²) >= 11 is 0. The third-order valence-electron chi connectivity index (χ3n) is 7.13. The number of amides is 1. The molecule has 0 spiro atoms. The summed E-state index contributed by atoms with van der Waals surface area (Å²) in [5.41, 5.74) is 6.78. The number of carbonyl (C=O) groups excluding carboxylic acids is 1. The van der Waals surface area contributed by atoms with Gasteiger partial charge < -0.3 is 15.2 Å². The highest BCUT2D eigenvalue weighted by atomic mass is 16.5. The van der Waals surface area contributed by atoms with Crippen molar-refractivity contribution >= 4 is 5.91 Å². The van der Waals surface area contributed by atoms with Gasteiger partial charge in [0.1, 0.15) is 5.69 Å². The van der Waals surface area contributed by atoms with Crippen LogP contribution < -0.4 is 10.1 Å². The number of pyridine rings is 3. The van der Waals surface area contributed by atoms with Crippen LogP contribution in [0.25, 0.3) is 11.3 Å². The van der Waals surface area contributed by atoms with Gasteiger partial charge in [-0.25, -0.2) is 9.97 Å². The second-order valence-electron chi connectivity index (χ2n) is 9.55. The zero-order valence-corrected chi connectivity index (χ0v) is 20.2. The molecule has 3 aromatic heterocycles. The van der Waals surface area contributed by atoms with Gasteiger partial charge in [0.2, 0.25) is 5.88 Å². The average Bonchev–Trinajstić information content (AvgIpc) is 2.90. The highest BCUT2D eigenvalue weighted by Gasteiger charge is 2.26. The van der Waals surface area contributed by atoms with Crippen molar-refractivity contribution in [3.63, 3.8) is 0 Å². The molecule has 0 saturated heterocycles. The quantitative estimate of drug-likeness (QED) is 0.562. The maximum absolute atomic E-state index is 13.1. The lowest BCUT2D eigenvalue weighted by molar-refractivity contribution is 0.0713. The smallest absolute Gasteiger partial charge is 0.270 e. The first-order valence-corrected chi connectivity index (χ1v) is 12.6. The van der Waals surface area contributed by atoms with Gasteiger partial charge in [0.25, 0.3) is 5.91 Å². The van der Waals surface area contributed by atoms with Crippen molar-refractivity contribution in [1.82, 2.24) is 20.3 Å². The third kappa shape index (κ3) is 5.35. The molecule has 0 aromatic carbocycles. The number of carbonyl (C=O) groups is 1. The largest absolute Gasteiger partial charge is 0.481 e. The Labute approximate surface area is 206 Å². The van der Waals surface area contributed by atoms with E-state index in [4.69, 9.17) is 9.72 Å². The number of aromatic nitrogens is 3. The van der Waals surface area contributed by atoms with Crippen LogP contribution in [0.5, 0.6) is 5.88 Å². The molecule has 1 fully saturated rings. The fraction of sp³-hybridized carbons (Fsp3) is 0.429. The van der Waals surface area contributed by atoms with Gasteiger partial charge in [-0.15, -0.1) is 0 Å². The summed E-state index contributed by atoms with van der Waals surface area (Å²) in [6, 6.07) is 9.61. The van der Waals surface area contributed by atoms with Gasteiger partial charge in [-0.3, -0.25) is 9.78 Å². The molecule has 2 atom stereocenters. The zero-order chi connectivity index (χ0) is 24.2. The van der Waals surface area contributed by atoms with Crippen molar-refractivity contribution < 1.29 is 14.6 Å². The lowest BCUT2D eigenvalue weighted by Crippen LogP contribution is -2.45. The molecule has 0 unspecified atom stereocenters. The monoisotopic (exact) mass is 472 g/mol. The van der Waals surface area contributed by atoms with Crippen molar-refractivity contribution in [2.24, 2.45) is 0 Å². The van der Waals surface area contributed by atoms with Crippen LogP contribution in [0.3, 0.4) is 0 Å². The van der Waals surface area contributed by atoms with E-state index in [1.807, 2.05) is 30.5 Å². The highest BCUT2D eigenvalue weighted by molar-refractivity contribution is 5.93. The van der Waals surface area contributed by atoms with E-state index in [1.165, 1.54) is 5.56 Å². The Balaban J connectivity index is 1.37. The lowest BCUT2D eigenvalue weighted by atomic mass is 9.89. The molecule has 3 heterocycles. The van der Waals surface area contributed by atoms with Gasteiger partial charge in [-0.1, -0.05) is 18.9 Å². The molecule has 2 aliphatic carbocycles. The number of hydrogen-bond donors (Lipinski definition) is 2. The van der Waals surface area contributed by atoms with Gasteiger partial charge in [0, 0.05) is 29.7 Å². The van der Waals surface area contributed by atoms with Gasteiger partial charge in [0.05, 0.1) is 24.9 Å². The summed E-state index contributed by atoms with van der Waals surface area (Å²) in [5.74, 6) is 0.386. The first-order chi connectivity index (χ1) is 17.1. The Bertz CT molecular complexity index is 1180. The molecule has 1 amide bonds. The number of nitrogens with one attached hydrogen (secondary N) is 1. The molecule has 0 aliphatic heterocycles. The summed E-state index contributed by atoms with van der Waals surface area (Å²) in [6.07, 6.45) is 11.6. The number of rotatable bonds is 6. The normalized spacial score (nSPS) is 19.6. The lowest BCUT2D eigenvalue weighted by Gasteiger charge is -2.28. The molecule has 2 N–H and O–H groups in total. The van der Waals surface area contributed by atoms with Crippen molar-refractivity contribution in [3.05, 3.63) is 70.8 Å². The first-order valence-electron chi connectivity index (χ1n) is 12.6. The maximum atomic E-state index is 13.1. The molecule has 0 bridgehead atoms. The van der Waals surface area contributed by atoms with E-state index in [-0.39, 0.29) is 11.9 Å². The van der Waals surface area contributed by atoms with E-state index in [2.05, 4.69) is 21.4 Å². The van der Waals surface area contributed by atoms with Crippen LogP contribution in [-0.2, 0) is 19.3 Å². The number of aliphatic hydroxyl groups excluding tert-OH is 1. The SMILES string of the molecule is COc1ccc(-c2ccc(Cc3cc(C(=O)N[C@H]4CCCC[C@@H]4O)nc4c3CCCC4)cn2)cn1. The molecule has 0 radical (unpaired) electrons. The predicted octanol–water partition coefficient (Wildman–Crippen LogP) is 4.05. The summed E-state index contributed by atoms with van der Waals surface area (Å²) in [6.45, 7) is 0. The second-order valence-corrected chi connectivity index (χ2v) is 9.55. The van der Waals surface area contributed by atoms with Crippen LogP contribution in [0.4, 0.5) is 0 Å². The van der Waals surface area contributed by atoms with Crippen molar-refractivity contribution in [1.29, 1.82) is 0 Å². The Morgan fingerprint density at radius 2 is 1.91 bits per heavy atom. The fourth-order valence-electron chi connectivity index (χ4n) is 5.16. The molecule has 2 aliphatic rings. The molecule has 182 valence electrons. The number of ether oxygens (including phenoxy) is 1. The van der Waals surface area contributed by atoms with Crippen LogP contribution in [0.1, 0.15) is 71.4 Å². The number of methoxy groups -OCH3 is 1. The Kier molecular flexibility index (Phi) is 7.04. The van der Waals surface area contributed by atoms with Crippen LogP contribution in [0.15, 0.2) is 42.7 Å². The van der Waals surface area contributed by atoms with Crippen LogP contribution in [-0.4, -0.2) is 45.2 Å². The third-order valence-corrected chi connectivity index (χ3v) is 7.13. The van der Waals surface area contributed by atoms with Gasteiger partial charge in [-0.2, -0.15) is 0 Å². The Morgan fingerprint density at radius 3 is 2.66 bits per heavy atom. The Hall–Kier alpha value is -3.32. The standard InChI is InChI=1S/C28H32N4O3/c1-35-27-13-11-19(17-30-27)22-12-10-18(16-29-22)14-20-15-25(31-23-7-3-2-6-21(20)23)28(34)32-24-8-4-5-9-26(24)33/h10-13,15-17,24,26,33H,2-9,14H2,1H3,(H,32,34)/t24-,26-/m0/s1. The Morgan fingerprint density at radius 1 is 1.06 bits per heavy atom. The number of aliphatic hydroxyl groups is 1. The highest BCUT2D eigenvalue weighted by Crippen LogP contribution is 2.27. The van der Waals surface area contributed by atoms with Crippen molar-refractivity contribution in [2.45, 2.75) is 69.9 Å². The van der Waals surface area contributed by atoms with E-state index in [0.717, 1.165) is 79.4 Å². The molecule has 3 aromatic rings. The summed E-state index contributed by atoms with van der Waals surface area (Å²) in [7, 11) is 1.60. The maximum Gasteiger partial charge on any atom is 0.270 e. The van der Waals surface area contributed by atoms with Crippen LogP contribution in [0, 0.1) is 0 Å². The average molecular weight is 473 g/mol. The molecule has 7 nitrogen and oxygen atoms in total. The molecule has 5 rings (SSSR count). The van der Waals surface area contributed by atoms with E-state index >= 15 is 0 Å². The second kappa shape index (κ2) is 10.5. The summed E-state index contributed by atoms with van der Waals surface area (Å²) in [4.78, 5) is 26.7. The molecular formula is C28H32N4O3. The minimum Gasteiger partial charge on any atom is -0.481 e. The van der Waals surface area contributed by atoms with Crippen molar-refractivity contribution in [2.75, 3.05) is 7.11 Å². The van der Waals surface area contributed by atoms with E-state index in [9.17, 15) is 9.90 Å². The summed E-state index contributed by atoms with van der Waals surface area (Å²) < 4.78 is 5.13. The molecule has 1 saturated carbocycles. The fourth-order valence-corrected chi connectivity index (χ4v) is 5.16. The summed E-state index contributed by atoms with van der Waals surface area (Å²) in [5, 5.41) is 13.3. The zero-order valence-electron chi connectivity index (χ0n) is 20.2. The topological polar surface area (TPSA) is 97.2 Å². The molecular weight excluding hydrogens is 440 g/mol. The number of hydrogen-bond acceptors (Lipinski definition) is 6. The van der Waals surface area contributed by atoms with Gasteiger partial charge in [0.15, 0.2) is 0 Å². The van der Waals surface area contributed by atoms with Gasteiger partial charge >= 0.3 is 0 Å². The van der Waals surface area contributed by atoms with E-state index < -0.39 is 6.10 Å². The van der Waals surface area contributed by atoms with Crippen molar-refractivity contribution in [3.8, 4) is 17.1 Å². The first kappa shape index (κ1) is 23.4. The number of fused-ring (bicyclic) bond motifs is 1. The van der Waals surface area contributed by atoms with Crippen LogP contribution >= 0.6 is 0 Å². The minimum absolute atomic E-state index is 0.189. The van der Waals surface area contributed by atoms with Crippen LogP contribution in [0.2, 0.25) is 0 Å².